The molecule has 0 bridgehead atoms. The topological polar surface area (TPSA) is 35.0 Å². The van der Waals surface area contributed by atoms with Crippen molar-refractivity contribution in [2.24, 2.45) is 0 Å². The molecule has 0 aliphatic heterocycles. The molecule has 0 saturated heterocycles. The minimum absolute atomic E-state index is 0.811. The van der Waals surface area contributed by atoms with Crippen LogP contribution in [0.5, 0.6) is 5.75 Å². The minimum atomic E-state index is 0.811. The molecule has 3 nitrogen and oxygen atoms in total. The van der Waals surface area contributed by atoms with Gasteiger partial charge in [0.05, 0.1) is 11.6 Å². The molecule has 0 unspecified atom stereocenters. The third-order valence-electron chi connectivity index (χ3n) is 2.09. The van der Waals surface area contributed by atoms with Crippen LogP contribution in [-0.2, 0) is 0 Å². The summed E-state index contributed by atoms with van der Waals surface area (Å²) in [5.41, 5.74) is 2.22. The van der Waals surface area contributed by atoms with Crippen LogP contribution in [0.4, 0.5) is 0 Å². The van der Waals surface area contributed by atoms with Crippen LogP contribution >= 0.6 is 27.5 Å². The molecule has 0 N–H and O–H groups in total. The maximum atomic E-state index is 5.25. The quantitative estimate of drug-likeness (QED) is 0.849. The van der Waals surface area contributed by atoms with Crippen LogP contribution in [0, 0.1) is 6.92 Å². The van der Waals surface area contributed by atoms with E-state index < -0.39 is 0 Å². The smallest absolute Gasteiger partial charge is 0.144 e. The van der Waals surface area contributed by atoms with Crippen LogP contribution in [0.1, 0.15) is 5.56 Å². The standard InChI is InChI=1S/C10H9BrN2OS/c1-6-3-8(11)9(14-2)4-7(6)10-12-5-13-15-10/h3-5H,1-2H3. The largest absolute Gasteiger partial charge is 0.496 e. The SMILES string of the molecule is COc1cc(-c2ncns2)c(C)cc1Br. The van der Waals surface area contributed by atoms with Gasteiger partial charge < -0.3 is 4.74 Å². The lowest BCUT2D eigenvalue weighted by Crippen LogP contribution is -1.88. The first-order valence-electron chi connectivity index (χ1n) is 4.33. The molecule has 78 valence electrons. The Balaban J connectivity index is 2.57. The molecule has 0 fully saturated rings. The van der Waals surface area contributed by atoms with Gasteiger partial charge in [-0.25, -0.2) is 4.98 Å². The first-order chi connectivity index (χ1) is 7.22. The van der Waals surface area contributed by atoms with E-state index in [0.29, 0.717) is 0 Å². The number of rotatable bonds is 2. The third-order valence-corrected chi connectivity index (χ3v) is 3.41. The van der Waals surface area contributed by atoms with Crippen molar-refractivity contribution in [1.29, 1.82) is 0 Å². The second-order valence-corrected chi connectivity index (χ2v) is 4.68. The summed E-state index contributed by atoms with van der Waals surface area (Å²) in [5.74, 6) is 0.811. The maximum absolute atomic E-state index is 5.25. The van der Waals surface area contributed by atoms with Gasteiger partial charge in [0.25, 0.3) is 0 Å². The van der Waals surface area contributed by atoms with Crippen molar-refractivity contribution in [3.8, 4) is 16.3 Å². The molecule has 0 spiro atoms. The lowest BCUT2D eigenvalue weighted by atomic mass is 10.1. The molecule has 0 aliphatic rings. The van der Waals surface area contributed by atoms with Crippen molar-refractivity contribution in [2.45, 2.75) is 6.92 Å². The average molecular weight is 285 g/mol. The Bertz CT molecular complexity index is 471. The number of nitrogens with zero attached hydrogens (tertiary/aromatic N) is 2. The Hall–Kier alpha value is -0.940. The number of ether oxygens (including phenoxy) is 1. The Labute approximate surface area is 100 Å². The lowest BCUT2D eigenvalue weighted by Gasteiger charge is -2.07. The first-order valence-corrected chi connectivity index (χ1v) is 5.90. The van der Waals surface area contributed by atoms with Crippen LogP contribution in [0.25, 0.3) is 10.6 Å². The van der Waals surface area contributed by atoms with E-state index in [-0.39, 0.29) is 0 Å². The van der Waals surface area contributed by atoms with Crippen molar-refractivity contribution in [3.05, 3.63) is 28.5 Å². The van der Waals surface area contributed by atoms with Crippen LogP contribution in [0.15, 0.2) is 22.9 Å². The first kappa shape index (κ1) is 10.6. The molecule has 0 aliphatic carbocycles. The van der Waals surface area contributed by atoms with Crippen LogP contribution < -0.4 is 4.74 Å². The van der Waals surface area contributed by atoms with Gasteiger partial charge in [0.1, 0.15) is 17.1 Å². The molecule has 1 aromatic heterocycles. The molecule has 2 rings (SSSR count). The van der Waals surface area contributed by atoms with Gasteiger partial charge in [0.2, 0.25) is 0 Å². The fourth-order valence-corrected chi connectivity index (χ4v) is 2.56. The maximum Gasteiger partial charge on any atom is 0.144 e. The fourth-order valence-electron chi connectivity index (χ4n) is 1.33. The molecular weight excluding hydrogens is 276 g/mol. The van der Waals surface area contributed by atoms with E-state index in [9.17, 15) is 0 Å². The van der Waals surface area contributed by atoms with Crippen LogP contribution in [-0.4, -0.2) is 16.5 Å². The molecule has 0 saturated carbocycles. The van der Waals surface area contributed by atoms with E-state index in [1.807, 2.05) is 19.1 Å². The van der Waals surface area contributed by atoms with Gasteiger partial charge in [-0.2, -0.15) is 4.37 Å². The predicted octanol–water partition coefficient (Wildman–Crippen LogP) is 3.28. The van der Waals surface area contributed by atoms with Crippen molar-refractivity contribution in [3.63, 3.8) is 0 Å². The van der Waals surface area contributed by atoms with Gasteiger partial charge in [-0.05, 0) is 52.1 Å². The summed E-state index contributed by atoms with van der Waals surface area (Å²) >= 11 is 4.83. The summed E-state index contributed by atoms with van der Waals surface area (Å²) in [5, 5.41) is 0.915. The number of halogens is 1. The zero-order valence-corrected chi connectivity index (χ0v) is 10.7. The molecule has 1 aromatic carbocycles. The highest BCUT2D eigenvalue weighted by Gasteiger charge is 2.09. The molecule has 0 radical (unpaired) electrons. The average Bonchev–Trinajstić information content (AvgIpc) is 2.71. The minimum Gasteiger partial charge on any atom is -0.496 e. The highest BCUT2D eigenvalue weighted by Crippen LogP contribution is 2.33. The number of methoxy groups -OCH3 is 1. The second kappa shape index (κ2) is 4.28. The number of aryl methyl sites for hydroxylation is 1. The van der Waals surface area contributed by atoms with Crippen molar-refractivity contribution >= 4 is 27.5 Å². The Kier molecular flexibility index (Phi) is 3.02. The zero-order chi connectivity index (χ0) is 10.8. The van der Waals surface area contributed by atoms with Crippen LogP contribution in [0.2, 0.25) is 0 Å². The zero-order valence-electron chi connectivity index (χ0n) is 8.32. The summed E-state index contributed by atoms with van der Waals surface area (Å²) < 4.78 is 10.2. The number of aromatic nitrogens is 2. The summed E-state index contributed by atoms with van der Waals surface area (Å²) in [7, 11) is 1.65. The van der Waals surface area contributed by atoms with Gasteiger partial charge in [0.15, 0.2) is 0 Å². The molecule has 2 aromatic rings. The van der Waals surface area contributed by atoms with Gasteiger partial charge >= 0.3 is 0 Å². The van der Waals surface area contributed by atoms with Crippen molar-refractivity contribution in [2.75, 3.05) is 7.11 Å². The summed E-state index contributed by atoms with van der Waals surface area (Å²) in [6, 6.07) is 4.00. The normalized spacial score (nSPS) is 10.3. The summed E-state index contributed by atoms with van der Waals surface area (Å²) in [6.07, 6.45) is 1.56. The number of hydrogen-bond donors (Lipinski definition) is 0. The molecule has 5 heteroatoms. The van der Waals surface area contributed by atoms with Crippen molar-refractivity contribution in [1.82, 2.24) is 9.36 Å². The molecule has 0 atom stereocenters. The van der Waals surface area contributed by atoms with E-state index in [1.54, 1.807) is 13.4 Å². The van der Waals surface area contributed by atoms with Gasteiger partial charge in [-0.1, -0.05) is 0 Å². The monoisotopic (exact) mass is 284 g/mol. The summed E-state index contributed by atoms with van der Waals surface area (Å²) in [4.78, 5) is 4.19. The molecular formula is C10H9BrN2OS. The van der Waals surface area contributed by atoms with Crippen molar-refractivity contribution < 1.29 is 4.74 Å². The van der Waals surface area contributed by atoms with E-state index in [2.05, 4.69) is 25.3 Å². The van der Waals surface area contributed by atoms with E-state index in [4.69, 9.17) is 4.74 Å². The van der Waals surface area contributed by atoms with Crippen LogP contribution in [0.3, 0.4) is 0 Å². The van der Waals surface area contributed by atoms with Gasteiger partial charge in [-0.3, -0.25) is 0 Å². The van der Waals surface area contributed by atoms with Gasteiger partial charge in [-0.15, -0.1) is 0 Å². The van der Waals surface area contributed by atoms with E-state index >= 15 is 0 Å². The summed E-state index contributed by atoms with van der Waals surface area (Å²) in [6.45, 7) is 2.04. The van der Waals surface area contributed by atoms with Gasteiger partial charge in [0, 0.05) is 5.56 Å². The molecule has 0 amide bonds. The highest BCUT2D eigenvalue weighted by molar-refractivity contribution is 9.10. The predicted molar refractivity (Wildman–Crippen MR) is 64.3 cm³/mol. The second-order valence-electron chi connectivity index (χ2n) is 3.05. The Morgan fingerprint density at radius 3 is 2.80 bits per heavy atom. The van der Waals surface area contributed by atoms with E-state index in [0.717, 1.165) is 26.4 Å². The highest BCUT2D eigenvalue weighted by atomic mass is 79.9. The fraction of sp³-hybridized carbons (Fsp3) is 0.200. The number of benzene rings is 1. The molecule has 15 heavy (non-hydrogen) atoms. The van der Waals surface area contributed by atoms with E-state index in [1.165, 1.54) is 11.5 Å². The Morgan fingerprint density at radius 1 is 1.40 bits per heavy atom. The Morgan fingerprint density at radius 2 is 2.20 bits per heavy atom. The molecule has 1 heterocycles. The number of hydrogen-bond acceptors (Lipinski definition) is 4. The lowest BCUT2D eigenvalue weighted by molar-refractivity contribution is 0.412. The third kappa shape index (κ3) is 2.03.